The van der Waals surface area contributed by atoms with Crippen molar-refractivity contribution < 1.29 is 18.3 Å². The first-order chi connectivity index (χ1) is 11.5. The van der Waals surface area contributed by atoms with Crippen molar-refractivity contribution in [2.45, 2.75) is 19.4 Å². The number of rotatable bonds is 4. The molecule has 0 bridgehead atoms. The van der Waals surface area contributed by atoms with Crippen molar-refractivity contribution in [2.24, 2.45) is 0 Å². The van der Waals surface area contributed by atoms with Crippen molar-refractivity contribution in [3.05, 3.63) is 59.7 Å². The van der Waals surface area contributed by atoms with Gasteiger partial charge in [0, 0.05) is 18.3 Å². The van der Waals surface area contributed by atoms with Crippen molar-refractivity contribution in [3.8, 4) is 5.75 Å². The van der Waals surface area contributed by atoms with Gasteiger partial charge in [-0.3, -0.25) is 4.90 Å². The Morgan fingerprint density at radius 2 is 2.08 bits per heavy atom. The molecule has 1 aliphatic heterocycles. The predicted molar refractivity (Wildman–Crippen MR) is 87.3 cm³/mol. The van der Waals surface area contributed by atoms with Gasteiger partial charge in [0.15, 0.2) is 11.6 Å². The summed E-state index contributed by atoms with van der Waals surface area (Å²) in [7, 11) is 0. The van der Waals surface area contributed by atoms with Crippen LogP contribution in [0.2, 0.25) is 0 Å². The zero-order chi connectivity index (χ0) is 17.1. The third-order valence-electron chi connectivity index (χ3n) is 3.88. The normalized spacial score (nSPS) is 14.2. The first-order valence-electron chi connectivity index (χ1n) is 7.78. The van der Waals surface area contributed by atoms with Gasteiger partial charge in [0.05, 0.1) is 6.04 Å². The standard InChI is InChI=1S/C18H18F2N2O2/c1-12(11-24-17-7-6-14(19)10-15(17)20)21-18(23)22-9-8-13-4-2-3-5-16(13)22/h2-7,10,12H,8-9,11H2,1H3,(H,21,23). The highest BCUT2D eigenvalue weighted by atomic mass is 19.1. The van der Waals surface area contributed by atoms with E-state index in [9.17, 15) is 13.6 Å². The van der Waals surface area contributed by atoms with Crippen molar-refractivity contribution in [1.82, 2.24) is 5.32 Å². The van der Waals surface area contributed by atoms with Crippen LogP contribution < -0.4 is 15.0 Å². The minimum atomic E-state index is -0.762. The Morgan fingerprint density at radius 3 is 2.88 bits per heavy atom. The van der Waals surface area contributed by atoms with Gasteiger partial charge in [-0.05, 0) is 37.1 Å². The number of para-hydroxylation sites is 1. The molecule has 2 amide bonds. The summed E-state index contributed by atoms with van der Waals surface area (Å²) >= 11 is 0. The zero-order valence-electron chi connectivity index (χ0n) is 13.3. The molecule has 1 N–H and O–H groups in total. The highest BCUT2D eigenvalue weighted by molar-refractivity contribution is 5.94. The Labute approximate surface area is 139 Å². The number of hydrogen-bond acceptors (Lipinski definition) is 2. The number of anilines is 1. The first kappa shape index (κ1) is 16.2. The summed E-state index contributed by atoms with van der Waals surface area (Å²) in [6, 6.07) is 10.4. The molecule has 0 fully saturated rings. The number of amides is 2. The summed E-state index contributed by atoms with van der Waals surface area (Å²) in [5, 5.41) is 2.83. The van der Waals surface area contributed by atoms with Crippen LogP contribution in [0, 0.1) is 11.6 Å². The van der Waals surface area contributed by atoms with E-state index in [0.29, 0.717) is 6.54 Å². The van der Waals surface area contributed by atoms with Crippen molar-refractivity contribution in [1.29, 1.82) is 0 Å². The van der Waals surface area contributed by atoms with Crippen LogP contribution in [0.4, 0.5) is 19.3 Å². The fourth-order valence-corrected chi connectivity index (χ4v) is 2.69. The maximum Gasteiger partial charge on any atom is 0.322 e. The number of nitrogens with one attached hydrogen (secondary N) is 1. The van der Waals surface area contributed by atoms with Crippen LogP contribution in [-0.2, 0) is 6.42 Å². The molecule has 1 atom stereocenters. The lowest BCUT2D eigenvalue weighted by atomic mass is 10.2. The van der Waals surface area contributed by atoms with Crippen LogP contribution in [0.5, 0.6) is 5.75 Å². The van der Waals surface area contributed by atoms with Gasteiger partial charge < -0.3 is 10.1 Å². The molecule has 1 aliphatic rings. The number of nitrogens with zero attached hydrogens (tertiary/aromatic N) is 1. The first-order valence-corrected chi connectivity index (χ1v) is 7.78. The number of fused-ring (bicyclic) bond motifs is 1. The molecule has 0 saturated heterocycles. The molecule has 1 heterocycles. The second-order valence-corrected chi connectivity index (χ2v) is 5.77. The summed E-state index contributed by atoms with van der Waals surface area (Å²) in [6.45, 7) is 2.48. The van der Waals surface area contributed by atoms with E-state index in [2.05, 4.69) is 5.32 Å². The fourth-order valence-electron chi connectivity index (χ4n) is 2.69. The molecule has 0 radical (unpaired) electrons. The summed E-state index contributed by atoms with van der Waals surface area (Å²) in [5.41, 5.74) is 2.05. The third-order valence-corrected chi connectivity index (χ3v) is 3.88. The monoisotopic (exact) mass is 332 g/mol. The van der Waals surface area contributed by atoms with Gasteiger partial charge in [0.25, 0.3) is 0 Å². The van der Waals surface area contributed by atoms with E-state index in [1.807, 2.05) is 24.3 Å². The van der Waals surface area contributed by atoms with Crippen molar-refractivity contribution >= 4 is 11.7 Å². The molecule has 24 heavy (non-hydrogen) atoms. The highest BCUT2D eigenvalue weighted by Crippen LogP contribution is 2.27. The number of urea groups is 1. The molecule has 0 saturated carbocycles. The predicted octanol–water partition coefficient (Wildman–Crippen LogP) is 3.50. The van der Waals surface area contributed by atoms with Crippen LogP contribution in [0.25, 0.3) is 0 Å². The van der Waals surface area contributed by atoms with Crippen molar-refractivity contribution in [3.63, 3.8) is 0 Å². The average molecular weight is 332 g/mol. The Morgan fingerprint density at radius 1 is 1.29 bits per heavy atom. The lowest BCUT2D eigenvalue weighted by Gasteiger charge is -2.21. The Bertz CT molecular complexity index is 752. The van der Waals surface area contributed by atoms with Crippen LogP contribution in [-0.4, -0.2) is 25.2 Å². The van der Waals surface area contributed by atoms with E-state index in [1.54, 1.807) is 11.8 Å². The van der Waals surface area contributed by atoms with Crippen LogP contribution in [0.1, 0.15) is 12.5 Å². The number of benzene rings is 2. The van der Waals surface area contributed by atoms with E-state index in [1.165, 1.54) is 6.07 Å². The van der Waals surface area contributed by atoms with E-state index >= 15 is 0 Å². The molecule has 2 aromatic carbocycles. The second kappa shape index (κ2) is 6.86. The second-order valence-electron chi connectivity index (χ2n) is 5.77. The summed E-state index contributed by atoms with van der Waals surface area (Å²) in [6.07, 6.45) is 0.829. The number of carbonyl (C=O) groups is 1. The van der Waals surface area contributed by atoms with E-state index in [4.69, 9.17) is 4.74 Å². The lowest BCUT2D eigenvalue weighted by Crippen LogP contribution is -2.45. The molecular weight excluding hydrogens is 314 g/mol. The van der Waals surface area contributed by atoms with Crippen LogP contribution in [0.3, 0.4) is 0 Å². The van der Waals surface area contributed by atoms with Gasteiger partial charge in [-0.2, -0.15) is 0 Å². The number of halogens is 2. The quantitative estimate of drug-likeness (QED) is 0.931. The van der Waals surface area contributed by atoms with Crippen LogP contribution in [0.15, 0.2) is 42.5 Å². The molecule has 3 rings (SSSR count). The van der Waals surface area contributed by atoms with Crippen LogP contribution >= 0.6 is 0 Å². The maximum absolute atomic E-state index is 13.5. The molecule has 1 unspecified atom stereocenters. The average Bonchev–Trinajstić information content (AvgIpc) is 2.98. The van der Waals surface area contributed by atoms with Gasteiger partial charge >= 0.3 is 6.03 Å². The smallest absolute Gasteiger partial charge is 0.322 e. The summed E-state index contributed by atoms with van der Waals surface area (Å²) in [4.78, 5) is 14.1. The van der Waals surface area contributed by atoms with E-state index < -0.39 is 11.6 Å². The van der Waals surface area contributed by atoms with Gasteiger partial charge in [0.1, 0.15) is 12.4 Å². The summed E-state index contributed by atoms with van der Waals surface area (Å²) < 4.78 is 31.7. The highest BCUT2D eigenvalue weighted by Gasteiger charge is 2.25. The minimum Gasteiger partial charge on any atom is -0.488 e. The molecule has 2 aromatic rings. The largest absolute Gasteiger partial charge is 0.488 e. The Balaban J connectivity index is 1.55. The topological polar surface area (TPSA) is 41.6 Å². The molecule has 0 aliphatic carbocycles. The number of carbonyl (C=O) groups excluding carboxylic acids is 1. The van der Waals surface area contributed by atoms with E-state index in [0.717, 1.165) is 29.8 Å². The summed E-state index contributed by atoms with van der Waals surface area (Å²) in [5.74, 6) is -1.46. The SMILES string of the molecule is CC(COc1ccc(F)cc1F)NC(=O)N1CCc2ccccc21. The van der Waals surface area contributed by atoms with Gasteiger partial charge in [0.2, 0.25) is 0 Å². The molecule has 0 spiro atoms. The Kier molecular flexibility index (Phi) is 4.64. The molecule has 4 nitrogen and oxygen atoms in total. The third kappa shape index (κ3) is 3.48. The molecule has 126 valence electrons. The fraction of sp³-hybridized carbons (Fsp3) is 0.278. The van der Waals surface area contributed by atoms with E-state index in [-0.39, 0.29) is 24.4 Å². The van der Waals surface area contributed by atoms with Crippen molar-refractivity contribution in [2.75, 3.05) is 18.1 Å². The zero-order valence-corrected chi connectivity index (χ0v) is 13.3. The van der Waals surface area contributed by atoms with Gasteiger partial charge in [-0.25, -0.2) is 13.6 Å². The molecular formula is C18H18F2N2O2. The minimum absolute atomic E-state index is 0.0379. The molecule has 0 aromatic heterocycles. The lowest BCUT2D eigenvalue weighted by molar-refractivity contribution is 0.229. The Hall–Kier alpha value is -2.63. The number of hydrogen-bond donors (Lipinski definition) is 1. The molecule has 6 heteroatoms. The number of ether oxygens (including phenoxy) is 1. The van der Waals surface area contributed by atoms with Gasteiger partial charge in [-0.1, -0.05) is 18.2 Å². The maximum atomic E-state index is 13.5. The van der Waals surface area contributed by atoms with Gasteiger partial charge in [-0.15, -0.1) is 0 Å².